The van der Waals surface area contributed by atoms with Crippen LogP contribution in [0.1, 0.15) is 51.2 Å². The molecule has 3 rings (SSSR count). The molecule has 0 bridgehead atoms. The fraction of sp³-hybridized carbons (Fsp3) is 0.500. The molecule has 1 aliphatic rings. The lowest BCUT2D eigenvalue weighted by atomic mass is 9.64. The van der Waals surface area contributed by atoms with Gasteiger partial charge in [0.05, 0.1) is 0 Å². The molecule has 1 N–H and O–H groups in total. The molecule has 0 spiro atoms. The lowest BCUT2D eigenvalue weighted by molar-refractivity contribution is -0.531. The van der Waals surface area contributed by atoms with Crippen molar-refractivity contribution < 1.29 is 19.6 Å². The Labute approximate surface area is 189 Å². The largest absolute Gasteiger partial charge is 0.460 e. The summed E-state index contributed by atoms with van der Waals surface area (Å²) in [7, 11) is 0. The maximum Gasteiger partial charge on any atom is 0.342 e. The molecule has 0 heterocycles. The van der Waals surface area contributed by atoms with Crippen LogP contribution in [-0.4, -0.2) is 34.2 Å². The number of nitro groups is 1. The SMILES string of the molecule is C[C@@H]1CC[C@@H](C(C)(C)c2ccccc2)[C@H](OC(=O)[C@@H](O)[C@H](Cc2ccccc2)[N+](=O)[O-])C1. The molecule has 172 valence electrons. The highest BCUT2D eigenvalue weighted by Crippen LogP contribution is 2.43. The molecule has 2 aromatic carbocycles. The van der Waals surface area contributed by atoms with Crippen molar-refractivity contribution in [1.82, 2.24) is 0 Å². The van der Waals surface area contributed by atoms with E-state index in [1.807, 2.05) is 24.3 Å². The lowest BCUT2D eigenvalue weighted by Crippen LogP contribution is -2.47. The standard InChI is InChI=1S/C26H33NO5/c1-18-14-15-21(26(2,3)20-12-8-5-9-13-20)23(16-18)32-25(29)24(28)22(27(30)31)17-19-10-6-4-7-11-19/h4-13,18,21-24,28H,14-17H2,1-3H3/t18-,21-,22+,23-,24+/m1/s1. The summed E-state index contributed by atoms with van der Waals surface area (Å²) in [5.41, 5.74) is 1.60. The van der Waals surface area contributed by atoms with Crippen molar-refractivity contribution in [3.8, 4) is 0 Å². The van der Waals surface area contributed by atoms with Crippen molar-refractivity contribution in [3.63, 3.8) is 0 Å². The smallest absolute Gasteiger partial charge is 0.342 e. The van der Waals surface area contributed by atoms with Crippen LogP contribution < -0.4 is 0 Å². The van der Waals surface area contributed by atoms with E-state index < -0.39 is 29.1 Å². The van der Waals surface area contributed by atoms with Crippen LogP contribution in [0.2, 0.25) is 0 Å². The molecule has 0 aromatic heterocycles. The van der Waals surface area contributed by atoms with Gasteiger partial charge in [-0.15, -0.1) is 0 Å². The quantitative estimate of drug-likeness (QED) is 0.370. The Balaban J connectivity index is 1.77. The van der Waals surface area contributed by atoms with Gasteiger partial charge >= 0.3 is 5.97 Å². The molecule has 5 atom stereocenters. The number of nitrogens with zero attached hydrogens (tertiary/aromatic N) is 1. The summed E-state index contributed by atoms with van der Waals surface area (Å²) in [6, 6.07) is 17.5. The highest BCUT2D eigenvalue weighted by molar-refractivity contribution is 5.75. The first kappa shape index (κ1) is 23.9. The number of rotatable bonds is 8. The number of carbonyl (C=O) groups excluding carboxylic acids is 1. The first-order chi connectivity index (χ1) is 15.2. The van der Waals surface area contributed by atoms with Crippen LogP contribution in [0.4, 0.5) is 0 Å². The molecule has 1 saturated carbocycles. The fourth-order valence-corrected chi connectivity index (χ4v) is 4.90. The normalized spacial score (nSPS) is 23.2. The third-order valence-electron chi connectivity index (χ3n) is 6.93. The summed E-state index contributed by atoms with van der Waals surface area (Å²) < 4.78 is 5.82. The van der Waals surface area contributed by atoms with Crippen molar-refractivity contribution >= 4 is 5.97 Å². The number of hydrogen-bond donors (Lipinski definition) is 1. The molecular formula is C26H33NO5. The maximum atomic E-state index is 12.9. The van der Waals surface area contributed by atoms with E-state index in [2.05, 4.69) is 32.9 Å². The highest BCUT2D eigenvalue weighted by atomic mass is 16.6. The Morgan fingerprint density at radius 2 is 1.72 bits per heavy atom. The zero-order chi connectivity index (χ0) is 23.3. The van der Waals surface area contributed by atoms with E-state index in [4.69, 9.17) is 4.74 Å². The average molecular weight is 440 g/mol. The minimum Gasteiger partial charge on any atom is -0.460 e. The van der Waals surface area contributed by atoms with Gasteiger partial charge in [-0.05, 0) is 35.3 Å². The highest BCUT2D eigenvalue weighted by Gasteiger charge is 2.44. The molecule has 6 nitrogen and oxygen atoms in total. The zero-order valence-electron chi connectivity index (χ0n) is 19.0. The number of esters is 1. The predicted octanol–water partition coefficient (Wildman–Crippen LogP) is 4.56. The first-order valence-electron chi connectivity index (χ1n) is 11.3. The summed E-state index contributed by atoms with van der Waals surface area (Å²) >= 11 is 0. The first-order valence-corrected chi connectivity index (χ1v) is 11.3. The maximum absolute atomic E-state index is 12.9. The van der Waals surface area contributed by atoms with E-state index in [-0.39, 0.29) is 17.8 Å². The Kier molecular flexibility index (Phi) is 7.67. The van der Waals surface area contributed by atoms with Crippen molar-refractivity contribution in [1.29, 1.82) is 0 Å². The van der Waals surface area contributed by atoms with E-state index in [1.54, 1.807) is 24.3 Å². The molecule has 0 unspecified atom stereocenters. The van der Waals surface area contributed by atoms with Crippen LogP contribution >= 0.6 is 0 Å². The Hall–Kier alpha value is -2.73. The van der Waals surface area contributed by atoms with Gasteiger partial charge in [0.15, 0.2) is 0 Å². The second kappa shape index (κ2) is 10.3. The van der Waals surface area contributed by atoms with Gasteiger partial charge in [0, 0.05) is 17.3 Å². The van der Waals surface area contributed by atoms with Crippen LogP contribution in [0.5, 0.6) is 0 Å². The van der Waals surface area contributed by atoms with E-state index in [9.17, 15) is 20.0 Å². The Morgan fingerprint density at radius 3 is 2.31 bits per heavy atom. The van der Waals surface area contributed by atoms with E-state index in [0.717, 1.165) is 18.4 Å². The van der Waals surface area contributed by atoms with Crippen LogP contribution in [0.15, 0.2) is 60.7 Å². The second-order valence-corrected chi connectivity index (χ2v) is 9.58. The Morgan fingerprint density at radius 1 is 1.12 bits per heavy atom. The average Bonchev–Trinajstić information content (AvgIpc) is 2.78. The number of aliphatic hydroxyl groups excluding tert-OH is 1. The zero-order valence-corrected chi connectivity index (χ0v) is 19.0. The number of ether oxygens (including phenoxy) is 1. The molecular weight excluding hydrogens is 406 g/mol. The number of benzene rings is 2. The van der Waals surface area contributed by atoms with Gasteiger partial charge in [0.2, 0.25) is 6.10 Å². The van der Waals surface area contributed by atoms with Gasteiger partial charge in [-0.3, -0.25) is 10.1 Å². The van der Waals surface area contributed by atoms with Gasteiger partial charge in [-0.25, -0.2) is 4.79 Å². The molecule has 1 aliphatic carbocycles. The molecule has 32 heavy (non-hydrogen) atoms. The van der Waals surface area contributed by atoms with E-state index in [0.29, 0.717) is 17.9 Å². The van der Waals surface area contributed by atoms with Crippen molar-refractivity contribution in [3.05, 3.63) is 81.9 Å². The van der Waals surface area contributed by atoms with Gasteiger partial charge in [0.1, 0.15) is 6.10 Å². The summed E-state index contributed by atoms with van der Waals surface area (Å²) in [5.74, 6) is -0.473. The van der Waals surface area contributed by atoms with Crippen LogP contribution in [-0.2, 0) is 21.4 Å². The molecule has 2 aromatic rings. The molecule has 0 radical (unpaired) electrons. The predicted molar refractivity (Wildman–Crippen MR) is 123 cm³/mol. The van der Waals surface area contributed by atoms with Gasteiger partial charge in [0.25, 0.3) is 6.04 Å². The van der Waals surface area contributed by atoms with Crippen LogP contribution in [0.25, 0.3) is 0 Å². The Bertz CT molecular complexity index is 899. The monoisotopic (exact) mass is 439 g/mol. The third-order valence-corrected chi connectivity index (χ3v) is 6.93. The molecule has 0 saturated heterocycles. The molecule has 1 fully saturated rings. The third kappa shape index (κ3) is 5.54. The van der Waals surface area contributed by atoms with E-state index >= 15 is 0 Å². The van der Waals surface area contributed by atoms with Crippen molar-refractivity contribution in [2.45, 2.75) is 70.1 Å². The molecule has 0 amide bonds. The van der Waals surface area contributed by atoms with Crippen molar-refractivity contribution in [2.24, 2.45) is 11.8 Å². The van der Waals surface area contributed by atoms with Crippen molar-refractivity contribution in [2.75, 3.05) is 0 Å². The van der Waals surface area contributed by atoms with E-state index in [1.165, 1.54) is 0 Å². The second-order valence-electron chi connectivity index (χ2n) is 9.58. The van der Waals surface area contributed by atoms with Crippen LogP contribution in [0.3, 0.4) is 0 Å². The lowest BCUT2D eigenvalue weighted by Gasteiger charge is -2.44. The van der Waals surface area contributed by atoms with Gasteiger partial charge in [-0.1, -0.05) is 87.9 Å². The number of aliphatic hydroxyl groups is 1. The topological polar surface area (TPSA) is 89.7 Å². The minimum absolute atomic E-state index is 0.0376. The number of hydrogen-bond acceptors (Lipinski definition) is 5. The summed E-state index contributed by atoms with van der Waals surface area (Å²) in [5, 5.41) is 22.2. The molecule has 6 heteroatoms. The summed E-state index contributed by atoms with van der Waals surface area (Å²) in [6.07, 6.45) is 0.344. The minimum atomic E-state index is -1.82. The molecule has 0 aliphatic heterocycles. The van der Waals surface area contributed by atoms with Gasteiger partial charge < -0.3 is 9.84 Å². The number of carbonyl (C=O) groups is 1. The summed E-state index contributed by atoms with van der Waals surface area (Å²) in [6.45, 7) is 6.42. The summed E-state index contributed by atoms with van der Waals surface area (Å²) in [4.78, 5) is 23.9. The van der Waals surface area contributed by atoms with Crippen LogP contribution in [0, 0.1) is 22.0 Å². The fourth-order valence-electron chi connectivity index (χ4n) is 4.90. The van der Waals surface area contributed by atoms with Gasteiger partial charge in [-0.2, -0.15) is 0 Å².